The minimum Gasteiger partial charge on any atom is -0.321 e. The van der Waals surface area contributed by atoms with Crippen molar-refractivity contribution in [3.05, 3.63) is 0 Å². The first-order valence-electron chi connectivity index (χ1n) is 3.98. The van der Waals surface area contributed by atoms with Gasteiger partial charge in [0.1, 0.15) is 0 Å². The molecule has 0 spiro atoms. The van der Waals surface area contributed by atoms with Gasteiger partial charge in [-0.15, -0.1) is 0 Å². The van der Waals surface area contributed by atoms with E-state index in [1.807, 2.05) is 6.29 Å². The zero-order valence-electron chi connectivity index (χ0n) is 6.18. The molecular formula is C8H14NO. The zero-order chi connectivity index (χ0) is 7.40. The molecule has 0 aliphatic heterocycles. The van der Waals surface area contributed by atoms with Crippen LogP contribution in [0.15, 0.2) is 0 Å². The molecule has 1 aliphatic carbocycles. The Kier molecular flexibility index (Phi) is 2.87. The van der Waals surface area contributed by atoms with Gasteiger partial charge in [-0.25, -0.2) is 0 Å². The summed E-state index contributed by atoms with van der Waals surface area (Å²) in [5.41, 5.74) is 5.52. The van der Waals surface area contributed by atoms with E-state index in [-0.39, 0.29) is 6.04 Å². The average Bonchev–Trinajstić information content (AvgIpc) is 2.05. The van der Waals surface area contributed by atoms with Crippen molar-refractivity contribution >= 4 is 6.29 Å². The van der Waals surface area contributed by atoms with E-state index < -0.39 is 0 Å². The Hall–Kier alpha value is -0.370. The minimum absolute atomic E-state index is 0.319. The summed E-state index contributed by atoms with van der Waals surface area (Å²) in [4.78, 5) is 10.2. The molecule has 1 saturated carbocycles. The van der Waals surface area contributed by atoms with Crippen LogP contribution in [0.3, 0.4) is 0 Å². The van der Waals surface area contributed by atoms with Crippen molar-refractivity contribution in [3.63, 3.8) is 0 Å². The molecule has 0 heterocycles. The molecule has 0 saturated heterocycles. The molecule has 1 rings (SSSR count). The predicted octanol–water partition coefficient (Wildman–Crippen LogP) is 1.00. The third-order valence-corrected chi connectivity index (χ3v) is 2.29. The van der Waals surface area contributed by atoms with Gasteiger partial charge >= 0.3 is 0 Å². The van der Waals surface area contributed by atoms with Gasteiger partial charge in [0.25, 0.3) is 0 Å². The highest BCUT2D eigenvalue weighted by Crippen LogP contribution is 2.24. The third kappa shape index (κ3) is 1.81. The smallest absolute Gasteiger partial charge is 0.216 e. The monoisotopic (exact) mass is 140 g/mol. The number of hydrogen-bond donors (Lipinski definition) is 1. The van der Waals surface area contributed by atoms with Crippen LogP contribution in [0, 0.1) is 5.92 Å². The van der Waals surface area contributed by atoms with Crippen molar-refractivity contribution < 1.29 is 4.79 Å². The highest BCUT2D eigenvalue weighted by Gasteiger charge is 2.19. The van der Waals surface area contributed by atoms with E-state index in [2.05, 4.69) is 0 Å². The van der Waals surface area contributed by atoms with Gasteiger partial charge in [-0.05, 0) is 18.8 Å². The maximum Gasteiger partial charge on any atom is 0.216 e. The van der Waals surface area contributed by atoms with Crippen LogP contribution in [-0.4, -0.2) is 12.3 Å². The molecule has 0 aromatic carbocycles. The molecule has 1 fully saturated rings. The molecule has 1 aliphatic rings. The Labute approximate surface area is 61.8 Å². The average molecular weight is 140 g/mol. The first kappa shape index (κ1) is 7.73. The Morgan fingerprint density at radius 1 is 1.30 bits per heavy atom. The first-order chi connectivity index (χ1) is 4.84. The molecule has 10 heavy (non-hydrogen) atoms. The molecule has 0 unspecified atom stereocenters. The summed E-state index contributed by atoms with van der Waals surface area (Å²) < 4.78 is 0. The van der Waals surface area contributed by atoms with E-state index in [0.29, 0.717) is 5.92 Å². The van der Waals surface area contributed by atoms with Crippen LogP contribution >= 0.6 is 0 Å². The van der Waals surface area contributed by atoms with E-state index in [9.17, 15) is 4.79 Å². The second-order valence-electron chi connectivity index (χ2n) is 3.04. The fourth-order valence-electron chi connectivity index (χ4n) is 1.59. The topological polar surface area (TPSA) is 43.1 Å². The van der Waals surface area contributed by atoms with Crippen molar-refractivity contribution in [3.8, 4) is 0 Å². The molecule has 2 heteroatoms. The van der Waals surface area contributed by atoms with Crippen LogP contribution in [0.1, 0.15) is 32.1 Å². The van der Waals surface area contributed by atoms with Crippen LogP contribution in [0.4, 0.5) is 0 Å². The normalized spacial score (nSPS) is 24.1. The Bertz CT molecular complexity index is 108. The summed E-state index contributed by atoms with van der Waals surface area (Å²) in [6.07, 6.45) is 7.89. The quantitative estimate of drug-likeness (QED) is 0.622. The molecule has 2 nitrogen and oxygen atoms in total. The number of carbonyl (C=O) groups excluding carboxylic acids is 1. The van der Waals surface area contributed by atoms with E-state index in [1.54, 1.807) is 0 Å². The van der Waals surface area contributed by atoms with Gasteiger partial charge in [0.2, 0.25) is 6.29 Å². The van der Waals surface area contributed by atoms with Gasteiger partial charge in [-0.1, -0.05) is 19.3 Å². The lowest BCUT2D eigenvalue weighted by Gasteiger charge is -2.23. The standard InChI is InChI=1S/C8H14NO/c9-8(6-10)7-4-2-1-3-5-7/h7-8H,1-5,9H2/t8-/m1/s1. The van der Waals surface area contributed by atoms with Gasteiger partial charge in [-0.2, -0.15) is 0 Å². The summed E-state index contributed by atoms with van der Waals surface area (Å²) in [7, 11) is 0. The summed E-state index contributed by atoms with van der Waals surface area (Å²) in [5.74, 6) is 0.422. The fourth-order valence-corrected chi connectivity index (χ4v) is 1.59. The molecule has 0 bridgehead atoms. The van der Waals surface area contributed by atoms with Gasteiger partial charge in [-0.3, -0.25) is 4.79 Å². The van der Waals surface area contributed by atoms with Crippen LogP contribution in [-0.2, 0) is 4.79 Å². The van der Waals surface area contributed by atoms with Crippen LogP contribution in [0.5, 0.6) is 0 Å². The van der Waals surface area contributed by atoms with E-state index in [4.69, 9.17) is 5.73 Å². The van der Waals surface area contributed by atoms with E-state index in [1.165, 1.54) is 19.3 Å². The summed E-state index contributed by atoms with van der Waals surface area (Å²) >= 11 is 0. The molecule has 0 aromatic rings. The number of nitrogens with two attached hydrogens (primary N) is 1. The molecule has 1 radical (unpaired) electrons. The van der Waals surface area contributed by atoms with Crippen LogP contribution in [0.25, 0.3) is 0 Å². The van der Waals surface area contributed by atoms with Crippen molar-refractivity contribution in [2.24, 2.45) is 11.7 Å². The highest BCUT2D eigenvalue weighted by molar-refractivity contribution is 5.58. The number of hydrogen-bond acceptors (Lipinski definition) is 2. The van der Waals surface area contributed by atoms with Gasteiger partial charge in [0, 0.05) is 0 Å². The van der Waals surface area contributed by atoms with E-state index in [0.717, 1.165) is 12.8 Å². The second kappa shape index (κ2) is 3.71. The molecule has 2 N–H and O–H groups in total. The lowest BCUT2D eigenvalue weighted by Crippen LogP contribution is -2.32. The van der Waals surface area contributed by atoms with Gasteiger partial charge in [0.15, 0.2) is 0 Å². The minimum atomic E-state index is -0.319. The van der Waals surface area contributed by atoms with Gasteiger partial charge in [0.05, 0.1) is 6.04 Å². The lowest BCUT2D eigenvalue weighted by molar-refractivity contribution is 0.335. The lowest BCUT2D eigenvalue weighted by atomic mass is 9.85. The highest BCUT2D eigenvalue weighted by atomic mass is 16.1. The van der Waals surface area contributed by atoms with Crippen molar-refractivity contribution in [1.29, 1.82) is 0 Å². The maximum atomic E-state index is 10.2. The van der Waals surface area contributed by atoms with Crippen molar-refractivity contribution in [2.75, 3.05) is 0 Å². The zero-order valence-corrected chi connectivity index (χ0v) is 6.18. The fraction of sp³-hybridized carbons (Fsp3) is 0.875. The molecule has 57 valence electrons. The summed E-state index contributed by atoms with van der Waals surface area (Å²) in [6.45, 7) is 0. The van der Waals surface area contributed by atoms with Crippen molar-refractivity contribution in [2.45, 2.75) is 38.1 Å². The summed E-state index contributed by atoms with van der Waals surface area (Å²) in [6, 6.07) is -0.319. The van der Waals surface area contributed by atoms with Crippen LogP contribution in [0.2, 0.25) is 0 Å². The van der Waals surface area contributed by atoms with Gasteiger partial charge < -0.3 is 5.73 Å². The van der Waals surface area contributed by atoms with E-state index >= 15 is 0 Å². The first-order valence-corrected chi connectivity index (χ1v) is 3.98. The molecule has 0 amide bonds. The maximum absolute atomic E-state index is 10.2. The third-order valence-electron chi connectivity index (χ3n) is 2.29. The second-order valence-corrected chi connectivity index (χ2v) is 3.04. The predicted molar refractivity (Wildman–Crippen MR) is 40.2 cm³/mol. The van der Waals surface area contributed by atoms with Crippen molar-refractivity contribution in [1.82, 2.24) is 0 Å². The Balaban J connectivity index is 2.30. The Morgan fingerprint density at radius 2 is 1.90 bits per heavy atom. The molecule has 1 atom stereocenters. The Morgan fingerprint density at radius 3 is 2.40 bits per heavy atom. The van der Waals surface area contributed by atoms with Crippen LogP contribution < -0.4 is 5.73 Å². The largest absolute Gasteiger partial charge is 0.321 e. The molecule has 0 aromatic heterocycles. The molecular weight excluding hydrogens is 126 g/mol. The SMILES string of the molecule is N[C@H]([C]=O)C1CCCCC1. The number of rotatable bonds is 2. The summed E-state index contributed by atoms with van der Waals surface area (Å²) in [5, 5.41) is 0.